The molecule has 2 N–H and O–H groups in total. The van der Waals surface area contributed by atoms with Gasteiger partial charge in [-0.1, -0.05) is 19.9 Å². The van der Waals surface area contributed by atoms with Gasteiger partial charge in [-0.3, -0.25) is 0 Å². The predicted molar refractivity (Wildman–Crippen MR) is 80.3 cm³/mol. The minimum absolute atomic E-state index is 0.242. The minimum atomic E-state index is -0.853. The van der Waals surface area contributed by atoms with Crippen molar-refractivity contribution in [3.63, 3.8) is 0 Å². The molecule has 4 heteroatoms. The van der Waals surface area contributed by atoms with Gasteiger partial charge in [0.15, 0.2) is 0 Å². The fourth-order valence-electron chi connectivity index (χ4n) is 2.91. The van der Waals surface area contributed by atoms with Crippen LogP contribution in [0.2, 0.25) is 0 Å². The van der Waals surface area contributed by atoms with Crippen molar-refractivity contribution >= 4 is 5.97 Å². The van der Waals surface area contributed by atoms with Gasteiger partial charge in [0.25, 0.3) is 0 Å². The number of aliphatic hydroxyl groups is 2. The van der Waals surface area contributed by atoms with Crippen LogP contribution < -0.4 is 0 Å². The molecule has 0 heterocycles. The van der Waals surface area contributed by atoms with Crippen molar-refractivity contribution in [2.45, 2.75) is 65.6 Å². The molecule has 20 heavy (non-hydrogen) atoms. The lowest BCUT2D eigenvalue weighted by molar-refractivity contribution is -0.136. The second kappa shape index (κ2) is 8.42. The average molecular weight is 286 g/mol. The Morgan fingerprint density at radius 3 is 2.30 bits per heavy atom. The smallest absolute Gasteiger partial charge is 0.333 e. The Kier molecular flexibility index (Phi) is 8.06. The lowest BCUT2D eigenvalue weighted by Crippen LogP contribution is -2.31. The molecule has 0 rings (SSSR count). The highest BCUT2D eigenvalue weighted by atomic mass is 16.5. The Hall–Kier alpha value is -0.870. The first-order valence-electron chi connectivity index (χ1n) is 7.24. The maximum Gasteiger partial charge on any atom is 0.333 e. The summed E-state index contributed by atoms with van der Waals surface area (Å²) < 4.78 is 4.67. The van der Waals surface area contributed by atoms with E-state index >= 15 is 0 Å². The van der Waals surface area contributed by atoms with Gasteiger partial charge in [-0.25, -0.2) is 4.79 Å². The van der Waals surface area contributed by atoms with E-state index in [0.29, 0.717) is 24.3 Å². The first-order chi connectivity index (χ1) is 9.07. The van der Waals surface area contributed by atoms with Gasteiger partial charge in [0.1, 0.15) is 0 Å². The van der Waals surface area contributed by atoms with Gasteiger partial charge in [-0.15, -0.1) is 0 Å². The van der Waals surface area contributed by atoms with Crippen molar-refractivity contribution in [3.05, 3.63) is 11.6 Å². The number of esters is 1. The van der Waals surface area contributed by atoms with Crippen LogP contribution in [-0.2, 0) is 9.53 Å². The van der Waals surface area contributed by atoms with Crippen molar-refractivity contribution < 1.29 is 19.7 Å². The number of rotatable bonds is 8. The van der Waals surface area contributed by atoms with Crippen molar-refractivity contribution in [2.24, 2.45) is 11.8 Å². The molecule has 0 amide bonds. The fourth-order valence-corrected chi connectivity index (χ4v) is 2.91. The molecule has 4 atom stereocenters. The summed E-state index contributed by atoms with van der Waals surface area (Å²) in [5.74, 6) is 0.248. The van der Waals surface area contributed by atoms with E-state index in [9.17, 15) is 15.0 Å². The molecule has 4 nitrogen and oxygen atoms in total. The number of ether oxygens (including phenoxy) is 1. The maximum atomic E-state index is 11.3. The normalized spacial score (nSPS) is 19.9. The summed E-state index contributed by atoms with van der Waals surface area (Å²) in [6.45, 7) is 9.32. The highest BCUT2D eigenvalue weighted by Crippen LogP contribution is 2.26. The molecule has 0 fully saturated rings. The summed E-state index contributed by atoms with van der Waals surface area (Å²) in [6, 6.07) is 0. The van der Waals surface area contributed by atoms with Crippen LogP contribution >= 0.6 is 0 Å². The largest absolute Gasteiger partial charge is 0.466 e. The van der Waals surface area contributed by atoms with Crippen LogP contribution in [-0.4, -0.2) is 35.0 Å². The summed E-state index contributed by atoms with van der Waals surface area (Å²) in [6.07, 6.45) is 3.29. The number of methoxy groups -OCH3 is 1. The maximum absolute atomic E-state index is 11.3. The van der Waals surface area contributed by atoms with Crippen molar-refractivity contribution in [1.82, 2.24) is 0 Å². The number of aliphatic hydroxyl groups excluding tert-OH is 1. The third kappa shape index (κ3) is 8.33. The fraction of sp³-hybridized carbons (Fsp3) is 0.812. The van der Waals surface area contributed by atoms with Crippen LogP contribution in [0.25, 0.3) is 0 Å². The molecule has 0 radical (unpaired) electrons. The molecule has 0 saturated heterocycles. The van der Waals surface area contributed by atoms with E-state index < -0.39 is 11.7 Å². The zero-order valence-electron chi connectivity index (χ0n) is 13.6. The Balaban J connectivity index is 4.39. The summed E-state index contributed by atoms with van der Waals surface area (Å²) in [5.41, 5.74) is -0.239. The lowest BCUT2D eigenvalue weighted by atomic mass is 9.84. The van der Waals surface area contributed by atoms with Gasteiger partial charge in [-0.05, 0) is 45.4 Å². The minimum Gasteiger partial charge on any atom is -0.466 e. The summed E-state index contributed by atoms with van der Waals surface area (Å²) in [5, 5.41) is 19.6. The number of hydrogen-bond donors (Lipinski definition) is 2. The number of carbonyl (C=O) groups excluding carboxylic acids is 1. The Bertz CT molecular complexity index is 331. The zero-order valence-corrected chi connectivity index (χ0v) is 13.6. The summed E-state index contributed by atoms with van der Waals surface area (Å²) in [7, 11) is 1.38. The first kappa shape index (κ1) is 19.1. The summed E-state index contributed by atoms with van der Waals surface area (Å²) in [4.78, 5) is 11.3. The number of allylic oxidation sites excluding steroid dienone is 1. The van der Waals surface area contributed by atoms with Crippen molar-refractivity contribution in [3.8, 4) is 0 Å². The Morgan fingerprint density at radius 2 is 1.85 bits per heavy atom. The zero-order chi connectivity index (χ0) is 15.9. The molecule has 0 aliphatic heterocycles. The highest BCUT2D eigenvalue weighted by Gasteiger charge is 2.25. The van der Waals surface area contributed by atoms with Crippen LogP contribution in [0, 0.1) is 11.8 Å². The van der Waals surface area contributed by atoms with Gasteiger partial charge < -0.3 is 14.9 Å². The molecule has 0 spiro atoms. The van der Waals surface area contributed by atoms with E-state index in [1.165, 1.54) is 7.11 Å². The van der Waals surface area contributed by atoms with Crippen LogP contribution in [0.15, 0.2) is 11.6 Å². The van der Waals surface area contributed by atoms with Gasteiger partial charge >= 0.3 is 5.97 Å². The highest BCUT2D eigenvalue weighted by molar-refractivity contribution is 5.87. The average Bonchev–Trinajstić information content (AvgIpc) is 2.24. The van der Waals surface area contributed by atoms with E-state index in [-0.39, 0.29) is 11.9 Å². The van der Waals surface area contributed by atoms with Gasteiger partial charge in [0.05, 0.1) is 18.8 Å². The van der Waals surface area contributed by atoms with E-state index in [1.54, 1.807) is 20.8 Å². The van der Waals surface area contributed by atoms with E-state index in [1.807, 2.05) is 13.0 Å². The van der Waals surface area contributed by atoms with Crippen LogP contribution in [0.4, 0.5) is 0 Å². The Morgan fingerprint density at radius 1 is 1.30 bits per heavy atom. The molecule has 0 saturated carbocycles. The summed E-state index contributed by atoms with van der Waals surface area (Å²) >= 11 is 0. The monoisotopic (exact) mass is 286 g/mol. The second-order valence-electron chi connectivity index (χ2n) is 6.41. The molecule has 118 valence electrons. The third-order valence-electron chi connectivity index (χ3n) is 3.34. The number of carbonyl (C=O) groups is 1. The first-order valence-corrected chi connectivity index (χ1v) is 7.24. The third-order valence-corrected chi connectivity index (χ3v) is 3.34. The Labute approximate surface area is 122 Å². The van der Waals surface area contributed by atoms with Gasteiger partial charge in [-0.2, -0.15) is 0 Å². The molecule has 0 aliphatic carbocycles. The van der Waals surface area contributed by atoms with Crippen LogP contribution in [0.1, 0.15) is 53.9 Å². The van der Waals surface area contributed by atoms with Crippen LogP contribution in [0.3, 0.4) is 0 Å². The molecular formula is C16H30O4. The number of hydrogen-bond acceptors (Lipinski definition) is 4. The topological polar surface area (TPSA) is 66.8 Å². The van der Waals surface area contributed by atoms with Crippen molar-refractivity contribution in [2.75, 3.05) is 7.11 Å². The second-order valence-corrected chi connectivity index (χ2v) is 6.41. The molecule has 0 aliphatic rings. The quantitative estimate of drug-likeness (QED) is 0.532. The molecule has 0 aromatic carbocycles. The van der Waals surface area contributed by atoms with E-state index in [2.05, 4.69) is 11.7 Å². The standard InChI is InChI=1S/C16H30O4/c1-11(8-13(3)15(18)20-6)7-12(2)9-16(5,19)10-14(4)17/h8,11-12,14,17,19H,7,9-10H2,1-6H3/b13-8+/t11-,12-,14+,16+/m0/s1. The molecular weight excluding hydrogens is 256 g/mol. The van der Waals surface area contributed by atoms with E-state index in [0.717, 1.165) is 6.42 Å². The lowest BCUT2D eigenvalue weighted by Gasteiger charge is -2.28. The molecule has 0 bridgehead atoms. The SMILES string of the molecule is COC(=O)/C(C)=C/[C@@H](C)C[C@H](C)C[C@@](C)(O)C[C@@H](C)O. The molecule has 0 aromatic heterocycles. The molecule has 0 unspecified atom stereocenters. The molecule has 0 aromatic rings. The van der Waals surface area contributed by atoms with Gasteiger partial charge in [0, 0.05) is 12.0 Å². The van der Waals surface area contributed by atoms with E-state index in [4.69, 9.17) is 0 Å². The predicted octanol–water partition coefficient (Wildman–Crippen LogP) is 2.68. The van der Waals surface area contributed by atoms with Crippen LogP contribution in [0.5, 0.6) is 0 Å². The van der Waals surface area contributed by atoms with Gasteiger partial charge in [0.2, 0.25) is 0 Å². The van der Waals surface area contributed by atoms with Crippen molar-refractivity contribution in [1.29, 1.82) is 0 Å².